The van der Waals surface area contributed by atoms with Gasteiger partial charge >= 0.3 is 0 Å². The van der Waals surface area contributed by atoms with Gasteiger partial charge in [-0.3, -0.25) is 4.79 Å². The number of aromatic nitrogens is 4. The van der Waals surface area contributed by atoms with Gasteiger partial charge in [0.25, 0.3) is 5.91 Å². The van der Waals surface area contributed by atoms with Crippen LogP contribution >= 0.6 is 0 Å². The van der Waals surface area contributed by atoms with Crippen molar-refractivity contribution >= 4 is 17.7 Å². The van der Waals surface area contributed by atoms with Gasteiger partial charge in [-0.05, 0) is 41.8 Å². The Labute approximate surface area is 134 Å². The number of aliphatic hydroxyl groups excluding tert-OH is 1. The Balaban J connectivity index is 1.97. The third-order valence-corrected chi connectivity index (χ3v) is 3.86. The Bertz CT molecular complexity index is 710. The molecule has 2 aromatic rings. The minimum Gasteiger partial charge on any atom is -0.391 e. The van der Waals surface area contributed by atoms with Crippen molar-refractivity contribution in [2.75, 3.05) is 13.1 Å². The molecule has 1 aromatic heterocycles. The normalized spacial score (nSPS) is 19.0. The van der Waals surface area contributed by atoms with E-state index in [1.807, 2.05) is 30.3 Å². The number of benzene rings is 1. The van der Waals surface area contributed by atoms with Crippen molar-refractivity contribution < 1.29 is 9.90 Å². The van der Waals surface area contributed by atoms with Crippen LogP contribution in [-0.2, 0) is 4.79 Å². The Morgan fingerprint density at radius 2 is 2.13 bits per heavy atom. The molecule has 0 saturated carbocycles. The first-order valence-electron chi connectivity index (χ1n) is 7.64. The zero-order valence-corrected chi connectivity index (χ0v) is 13.0. The summed E-state index contributed by atoms with van der Waals surface area (Å²) < 4.78 is 1.44. The fourth-order valence-corrected chi connectivity index (χ4v) is 2.68. The van der Waals surface area contributed by atoms with E-state index < -0.39 is 6.10 Å². The van der Waals surface area contributed by atoms with Crippen LogP contribution in [0.2, 0.25) is 0 Å². The topological polar surface area (TPSA) is 84.1 Å². The zero-order valence-electron chi connectivity index (χ0n) is 13.0. The van der Waals surface area contributed by atoms with Crippen molar-refractivity contribution in [3.8, 4) is 0 Å². The molecular formula is C16H19N5O2. The van der Waals surface area contributed by atoms with E-state index in [9.17, 15) is 9.90 Å². The summed E-state index contributed by atoms with van der Waals surface area (Å²) >= 11 is 0. The summed E-state index contributed by atoms with van der Waals surface area (Å²) in [6, 6.07) is 9.56. The smallest absolute Gasteiger partial charge is 0.272 e. The summed E-state index contributed by atoms with van der Waals surface area (Å²) in [5.41, 5.74) is 1.27. The van der Waals surface area contributed by atoms with Gasteiger partial charge in [0.2, 0.25) is 0 Å². The number of aliphatic hydroxyl groups is 1. The largest absolute Gasteiger partial charge is 0.391 e. The number of tetrazole rings is 1. The van der Waals surface area contributed by atoms with Gasteiger partial charge in [0.1, 0.15) is 5.70 Å². The highest BCUT2D eigenvalue weighted by molar-refractivity contribution is 6.18. The van der Waals surface area contributed by atoms with E-state index in [1.165, 1.54) is 4.68 Å². The van der Waals surface area contributed by atoms with Crippen LogP contribution in [0.4, 0.5) is 0 Å². The highest BCUT2D eigenvalue weighted by atomic mass is 16.3. The number of nitrogens with zero attached hydrogens (tertiary/aromatic N) is 5. The van der Waals surface area contributed by atoms with E-state index in [4.69, 9.17) is 0 Å². The quantitative estimate of drug-likeness (QED) is 0.853. The van der Waals surface area contributed by atoms with Gasteiger partial charge in [0, 0.05) is 13.1 Å². The number of rotatable bonds is 3. The molecule has 7 heteroatoms. The second-order valence-corrected chi connectivity index (χ2v) is 5.63. The summed E-state index contributed by atoms with van der Waals surface area (Å²) in [5, 5.41) is 21.2. The van der Waals surface area contributed by atoms with Crippen LogP contribution in [0.5, 0.6) is 0 Å². The van der Waals surface area contributed by atoms with Crippen molar-refractivity contribution in [2.24, 2.45) is 0 Å². The predicted octanol–water partition coefficient (Wildman–Crippen LogP) is 0.963. The number of carbonyl (C=O) groups excluding carboxylic acids is 1. The van der Waals surface area contributed by atoms with Gasteiger partial charge in [-0.1, -0.05) is 30.3 Å². The average Bonchev–Trinajstić information content (AvgIpc) is 2.99. The Kier molecular flexibility index (Phi) is 4.47. The van der Waals surface area contributed by atoms with Crippen LogP contribution in [0.3, 0.4) is 0 Å². The van der Waals surface area contributed by atoms with E-state index >= 15 is 0 Å². The molecule has 120 valence electrons. The molecule has 0 spiro atoms. The molecule has 7 nitrogen and oxygen atoms in total. The highest BCUT2D eigenvalue weighted by Crippen LogP contribution is 2.18. The van der Waals surface area contributed by atoms with Gasteiger partial charge in [0.05, 0.1) is 6.10 Å². The maximum Gasteiger partial charge on any atom is 0.272 e. The first-order valence-corrected chi connectivity index (χ1v) is 7.64. The minimum absolute atomic E-state index is 0.178. The number of piperidine rings is 1. The fourth-order valence-electron chi connectivity index (χ4n) is 2.68. The summed E-state index contributed by atoms with van der Waals surface area (Å²) in [4.78, 5) is 14.6. The number of β-amino-alcohol motifs (C(OH)–C–C–N with tert-alkyl or cyclic N) is 1. The molecule has 2 heterocycles. The van der Waals surface area contributed by atoms with E-state index in [-0.39, 0.29) is 5.91 Å². The van der Waals surface area contributed by atoms with Gasteiger partial charge in [0.15, 0.2) is 5.82 Å². The van der Waals surface area contributed by atoms with Crippen molar-refractivity contribution in [2.45, 2.75) is 25.9 Å². The summed E-state index contributed by atoms with van der Waals surface area (Å²) in [7, 11) is 0. The zero-order chi connectivity index (χ0) is 16.2. The first-order chi connectivity index (χ1) is 11.1. The minimum atomic E-state index is -0.472. The number of hydrogen-bond donors (Lipinski definition) is 1. The monoisotopic (exact) mass is 313 g/mol. The number of aryl methyl sites for hydroxylation is 1. The number of amides is 1. The Morgan fingerprint density at radius 3 is 2.78 bits per heavy atom. The number of carbonyl (C=O) groups is 1. The fraction of sp³-hybridized carbons (Fsp3) is 0.375. The third-order valence-electron chi connectivity index (χ3n) is 3.86. The molecule has 0 radical (unpaired) electrons. The van der Waals surface area contributed by atoms with E-state index in [1.54, 1.807) is 17.9 Å². The molecule has 1 N–H and O–H groups in total. The van der Waals surface area contributed by atoms with Crippen LogP contribution in [0.25, 0.3) is 11.8 Å². The summed E-state index contributed by atoms with van der Waals surface area (Å²) in [5.74, 6) is 0.362. The lowest BCUT2D eigenvalue weighted by Crippen LogP contribution is -2.43. The highest BCUT2D eigenvalue weighted by Gasteiger charge is 2.26. The molecule has 0 aliphatic carbocycles. The molecular weight excluding hydrogens is 294 g/mol. The molecule has 1 aromatic carbocycles. The standard InChI is InChI=1S/C16H19N5O2/c1-12-17-18-19-21(12)15(10-13-6-3-2-4-7-13)16(23)20-9-5-8-14(22)11-20/h2-4,6-7,10,14,22H,5,8-9,11H2,1H3/b15-10+. The molecule has 1 aliphatic rings. The van der Waals surface area contributed by atoms with Crippen LogP contribution in [-0.4, -0.2) is 55.3 Å². The van der Waals surface area contributed by atoms with Crippen molar-refractivity contribution in [1.29, 1.82) is 0 Å². The summed E-state index contributed by atoms with van der Waals surface area (Å²) in [6.45, 7) is 2.71. The maximum absolute atomic E-state index is 12.9. The number of likely N-dealkylation sites (tertiary alicyclic amines) is 1. The SMILES string of the molecule is Cc1nnnn1/C(=C/c1ccccc1)C(=O)N1CCCC(O)C1. The van der Waals surface area contributed by atoms with Gasteiger partial charge < -0.3 is 10.0 Å². The lowest BCUT2D eigenvalue weighted by Gasteiger charge is -2.30. The Morgan fingerprint density at radius 1 is 1.35 bits per heavy atom. The molecule has 1 amide bonds. The molecule has 1 fully saturated rings. The second kappa shape index (κ2) is 6.70. The van der Waals surface area contributed by atoms with Crippen LogP contribution in [0.15, 0.2) is 30.3 Å². The van der Waals surface area contributed by atoms with E-state index in [0.29, 0.717) is 24.6 Å². The van der Waals surface area contributed by atoms with Gasteiger partial charge in [-0.25, -0.2) is 0 Å². The number of hydrogen-bond acceptors (Lipinski definition) is 5. The predicted molar refractivity (Wildman–Crippen MR) is 85.0 cm³/mol. The van der Waals surface area contributed by atoms with Crippen LogP contribution < -0.4 is 0 Å². The van der Waals surface area contributed by atoms with E-state index in [2.05, 4.69) is 15.5 Å². The van der Waals surface area contributed by atoms with Crippen molar-refractivity contribution in [3.63, 3.8) is 0 Å². The van der Waals surface area contributed by atoms with Gasteiger partial charge in [-0.15, -0.1) is 5.10 Å². The molecule has 1 unspecified atom stereocenters. The summed E-state index contributed by atoms with van der Waals surface area (Å²) in [6.07, 6.45) is 2.82. The van der Waals surface area contributed by atoms with E-state index in [0.717, 1.165) is 18.4 Å². The lowest BCUT2D eigenvalue weighted by molar-refractivity contribution is -0.128. The maximum atomic E-state index is 12.9. The lowest BCUT2D eigenvalue weighted by atomic mass is 10.1. The molecule has 1 saturated heterocycles. The van der Waals surface area contributed by atoms with Crippen LogP contribution in [0, 0.1) is 6.92 Å². The van der Waals surface area contributed by atoms with Gasteiger partial charge in [-0.2, -0.15) is 4.68 Å². The molecule has 0 bridgehead atoms. The van der Waals surface area contributed by atoms with Crippen LogP contribution in [0.1, 0.15) is 24.2 Å². The first kappa shape index (κ1) is 15.4. The molecule has 3 rings (SSSR count). The van der Waals surface area contributed by atoms with Crippen molar-refractivity contribution in [1.82, 2.24) is 25.1 Å². The Hall–Kier alpha value is -2.54. The second-order valence-electron chi connectivity index (χ2n) is 5.63. The molecule has 23 heavy (non-hydrogen) atoms. The van der Waals surface area contributed by atoms with Crippen molar-refractivity contribution in [3.05, 3.63) is 41.7 Å². The average molecular weight is 313 g/mol. The molecule has 1 atom stereocenters. The third kappa shape index (κ3) is 3.45. The molecule has 1 aliphatic heterocycles.